The predicted octanol–water partition coefficient (Wildman–Crippen LogP) is 4.68. The number of carbonyl (C=O) groups is 2. The summed E-state index contributed by atoms with van der Waals surface area (Å²) in [7, 11) is 0. The third-order valence-corrected chi connectivity index (χ3v) is 4.39. The van der Waals surface area contributed by atoms with Crippen molar-refractivity contribution >= 4 is 46.4 Å². The molecule has 0 aliphatic heterocycles. The molecule has 0 spiro atoms. The summed E-state index contributed by atoms with van der Waals surface area (Å²) >= 11 is 12.0. The van der Waals surface area contributed by atoms with E-state index >= 15 is 0 Å². The van der Waals surface area contributed by atoms with Gasteiger partial charge in [-0.15, -0.1) is 0 Å². The van der Waals surface area contributed by atoms with Crippen LogP contribution in [0.4, 0.5) is 11.4 Å². The molecule has 0 unspecified atom stereocenters. The number of para-hydroxylation sites is 1. The van der Waals surface area contributed by atoms with Gasteiger partial charge in [-0.1, -0.05) is 47.5 Å². The molecule has 0 fully saturated rings. The van der Waals surface area contributed by atoms with Crippen LogP contribution in [0.5, 0.6) is 0 Å². The normalized spacial score (nSPS) is 10.3. The molecule has 2 aromatic carbocycles. The van der Waals surface area contributed by atoms with Gasteiger partial charge < -0.3 is 10.2 Å². The first-order chi connectivity index (χ1) is 11.4. The van der Waals surface area contributed by atoms with Gasteiger partial charge in [-0.25, -0.2) is 0 Å². The molecule has 2 aromatic rings. The highest BCUT2D eigenvalue weighted by Crippen LogP contribution is 2.29. The number of amides is 2. The molecule has 2 rings (SSSR count). The van der Waals surface area contributed by atoms with Crippen LogP contribution in [-0.4, -0.2) is 18.4 Å². The molecular formula is C18H18Cl2N2O2. The number of benzene rings is 2. The largest absolute Gasteiger partial charge is 0.325 e. The second-order valence-corrected chi connectivity index (χ2v) is 6.14. The minimum atomic E-state index is -0.237. The molecule has 6 heteroatoms. The van der Waals surface area contributed by atoms with Gasteiger partial charge in [0.1, 0.15) is 0 Å². The predicted molar refractivity (Wildman–Crippen MR) is 98.9 cm³/mol. The van der Waals surface area contributed by atoms with Crippen LogP contribution >= 0.6 is 23.2 Å². The number of nitrogens with zero attached hydrogens (tertiary/aromatic N) is 1. The molecular weight excluding hydrogens is 347 g/mol. The van der Waals surface area contributed by atoms with Crippen LogP contribution in [0.1, 0.15) is 18.9 Å². The van der Waals surface area contributed by atoms with Crippen LogP contribution in [0.3, 0.4) is 0 Å². The van der Waals surface area contributed by atoms with Crippen LogP contribution < -0.4 is 10.2 Å². The van der Waals surface area contributed by atoms with Gasteiger partial charge in [-0.05, 0) is 30.7 Å². The van der Waals surface area contributed by atoms with E-state index in [1.165, 1.54) is 6.92 Å². The van der Waals surface area contributed by atoms with E-state index < -0.39 is 0 Å². The van der Waals surface area contributed by atoms with E-state index in [0.29, 0.717) is 15.7 Å². The van der Waals surface area contributed by atoms with Crippen LogP contribution in [0.15, 0.2) is 42.5 Å². The average molecular weight is 365 g/mol. The molecule has 0 aliphatic carbocycles. The Morgan fingerprint density at radius 1 is 1.08 bits per heavy atom. The SMILES string of the molecule is CC(=O)N(CCC(=O)Nc1cccc(Cl)c1Cl)c1ccccc1C. The first-order valence-electron chi connectivity index (χ1n) is 7.47. The van der Waals surface area contributed by atoms with Gasteiger partial charge in [0.25, 0.3) is 0 Å². The first-order valence-corrected chi connectivity index (χ1v) is 8.23. The molecule has 126 valence electrons. The zero-order valence-corrected chi connectivity index (χ0v) is 15.0. The highest BCUT2D eigenvalue weighted by Gasteiger charge is 2.16. The Balaban J connectivity index is 2.05. The smallest absolute Gasteiger partial charge is 0.226 e. The maximum atomic E-state index is 12.2. The molecule has 0 aromatic heterocycles. The number of hydrogen-bond donors (Lipinski definition) is 1. The van der Waals surface area contributed by atoms with E-state index in [1.54, 1.807) is 23.1 Å². The second kappa shape index (κ2) is 8.18. The van der Waals surface area contributed by atoms with Gasteiger partial charge in [0.05, 0.1) is 15.7 Å². The first kappa shape index (κ1) is 18.3. The minimum Gasteiger partial charge on any atom is -0.325 e. The third-order valence-electron chi connectivity index (χ3n) is 3.57. The Morgan fingerprint density at radius 3 is 2.46 bits per heavy atom. The number of aryl methyl sites for hydroxylation is 1. The van der Waals surface area contributed by atoms with Crippen LogP contribution in [0, 0.1) is 6.92 Å². The zero-order chi connectivity index (χ0) is 17.7. The highest BCUT2D eigenvalue weighted by molar-refractivity contribution is 6.43. The lowest BCUT2D eigenvalue weighted by atomic mass is 10.1. The molecule has 0 saturated carbocycles. The van der Waals surface area contributed by atoms with Crippen molar-refractivity contribution in [3.8, 4) is 0 Å². The number of nitrogens with one attached hydrogen (secondary N) is 1. The Bertz CT molecular complexity index is 762. The van der Waals surface area contributed by atoms with Crippen molar-refractivity contribution in [2.45, 2.75) is 20.3 Å². The van der Waals surface area contributed by atoms with Crippen molar-refractivity contribution in [1.29, 1.82) is 0 Å². The molecule has 24 heavy (non-hydrogen) atoms. The molecule has 0 atom stereocenters. The summed E-state index contributed by atoms with van der Waals surface area (Å²) in [6.07, 6.45) is 0.150. The van der Waals surface area contributed by atoms with E-state index in [0.717, 1.165) is 11.3 Å². The summed E-state index contributed by atoms with van der Waals surface area (Å²) in [5, 5.41) is 3.39. The Morgan fingerprint density at radius 2 is 1.79 bits per heavy atom. The van der Waals surface area contributed by atoms with Gasteiger partial charge in [0, 0.05) is 25.6 Å². The van der Waals surface area contributed by atoms with Crippen molar-refractivity contribution in [3.05, 3.63) is 58.1 Å². The summed E-state index contributed by atoms with van der Waals surface area (Å²) in [6, 6.07) is 12.6. The fraction of sp³-hybridized carbons (Fsp3) is 0.222. The average Bonchev–Trinajstić information content (AvgIpc) is 2.53. The molecule has 2 amide bonds. The Hall–Kier alpha value is -2.04. The van der Waals surface area contributed by atoms with Gasteiger partial charge >= 0.3 is 0 Å². The molecule has 4 nitrogen and oxygen atoms in total. The Kier molecular flexibility index (Phi) is 6.23. The van der Waals surface area contributed by atoms with Crippen LogP contribution in [-0.2, 0) is 9.59 Å². The number of halogens is 2. The lowest BCUT2D eigenvalue weighted by molar-refractivity contribution is -0.117. The van der Waals surface area contributed by atoms with Crippen LogP contribution in [0.25, 0.3) is 0 Å². The van der Waals surface area contributed by atoms with Gasteiger partial charge in [0.15, 0.2) is 0 Å². The lowest BCUT2D eigenvalue weighted by Gasteiger charge is -2.23. The summed E-state index contributed by atoms with van der Waals surface area (Å²) in [5.41, 5.74) is 2.24. The van der Waals surface area contributed by atoms with E-state index in [1.807, 2.05) is 31.2 Å². The molecule has 0 aliphatic rings. The highest BCUT2D eigenvalue weighted by atomic mass is 35.5. The lowest BCUT2D eigenvalue weighted by Crippen LogP contribution is -2.32. The van der Waals surface area contributed by atoms with Crippen molar-refractivity contribution < 1.29 is 9.59 Å². The second-order valence-electron chi connectivity index (χ2n) is 5.36. The van der Waals surface area contributed by atoms with E-state index in [9.17, 15) is 9.59 Å². The molecule has 0 heterocycles. The molecule has 1 N–H and O–H groups in total. The Labute approximate surface area is 151 Å². The zero-order valence-electron chi connectivity index (χ0n) is 13.5. The van der Waals surface area contributed by atoms with E-state index in [2.05, 4.69) is 5.32 Å². The van der Waals surface area contributed by atoms with Crippen LogP contribution in [0.2, 0.25) is 10.0 Å². The van der Waals surface area contributed by atoms with E-state index in [4.69, 9.17) is 23.2 Å². The van der Waals surface area contributed by atoms with Gasteiger partial charge in [-0.3, -0.25) is 9.59 Å². The van der Waals surface area contributed by atoms with E-state index in [-0.39, 0.29) is 24.8 Å². The minimum absolute atomic E-state index is 0.113. The molecule has 0 saturated heterocycles. The number of anilines is 2. The summed E-state index contributed by atoms with van der Waals surface area (Å²) in [4.78, 5) is 25.7. The fourth-order valence-corrected chi connectivity index (χ4v) is 2.69. The number of carbonyl (C=O) groups excluding carboxylic acids is 2. The number of rotatable bonds is 5. The standard InChI is InChI=1S/C18H18Cl2N2O2/c1-12-6-3-4-9-16(12)22(13(2)23)11-10-17(24)21-15-8-5-7-14(19)18(15)20/h3-9H,10-11H2,1-2H3,(H,21,24). The molecule has 0 bridgehead atoms. The van der Waals surface area contributed by atoms with Gasteiger partial charge in [0.2, 0.25) is 11.8 Å². The topological polar surface area (TPSA) is 49.4 Å². The number of hydrogen-bond acceptors (Lipinski definition) is 2. The maximum Gasteiger partial charge on any atom is 0.226 e. The van der Waals surface area contributed by atoms with Crippen molar-refractivity contribution in [1.82, 2.24) is 0 Å². The van der Waals surface area contributed by atoms with Gasteiger partial charge in [-0.2, -0.15) is 0 Å². The van der Waals surface area contributed by atoms with Crippen molar-refractivity contribution in [2.75, 3.05) is 16.8 Å². The molecule has 0 radical (unpaired) electrons. The quantitative estimate of drug-likeness (QED) is 0.836. The monoisotopic (exact) mass is 364 g/mol. The summed E-state index contributed by atoms with van der Waals surface area (Å²) < 4.78 is 0. The summed E-state index contributed by atoms with van der Waals surface area (Å²) in [6.45, 7) is 3.69. The maximum absolute atomic E-state index is 12.2. The summed E-state index contributed by atoms with van der Waals surface area (Å²) in [5.74, 6) is -0.350. The van der Waals surface area contributed by atoms with Crippen molar-refractivity contribution in [3.63, 3.8) is 0 Å². The fourth-order valence-electron chi connectivity index (χ4n) is 2.34. The van der Waals surface area contributed by atoms with Crippen molar-refractivity contribution in [2.24, 2.45) is 0 Å². The third kappa shape index (κ3) is 4.49.